The van der Waals surface area contributed by atoms with Crippen molar-refractivity contribution in [2.75, 3.05) is 6.54 Å². The van der Waals surface area contributed by atoms with Crippen molar-refractivity contribution in [1.29, 1.82) is 0 Å². The summed E-state index contributed by atoms with van der Waals surface area (Å²) in [4.78, 5) is 26.2. The van der Waals surface area contributed by atoms with Crippen LogP contribution in [0.15, 0.2) is 42.5 Å². The molecule has 1 fully saturated rings. The minimum Gasteiger partial charge on any atom is -0.374 e. The van der Waals surface area contributed by atoms with Crippen molar-refractivity contribution in [3.05, 3.63) is 48.0 Å². The molecular formula is C19H23NO3. The van der Waals surface area contributed by atoms with E-state index in [0.717, 1.165) is 5.56 Å². The van der Waals surface area contributed by atoms with Crippen molar-refractivity contribution in [3.63, 3.8) is 0 Å². The Morgan fingerprint density at radius 1 is 1.09 bits per heavy atom. The molecule has 2 aliphatic rings. The number of fused-ring (bicyclic) bond motifs is 1. The molecule has 1 aliphatic carbocycles. The molecule has 4 nitrogen and oxygen atoms in total. The lowest BCUT2D eigenvalue weighted by Gasteiger charge is -2.18. The Balaban J connectivity index is 1.48. The van der Waals surface area contributed by atoms with Gasteiger partial charge in [-0.2, -0.15) is 0 Å². The van der Waals surface area contributed by atoms with E-state index in [1.54, 1.807) is 0 Å². The first-order valence-corrected chi connectivity index (χ1v) is 8.32. The van der Waals surface area contributed by atoms with Gasteiger partial charge >= 0.3 is 0 Å². The molecule has 1 heterocycles. The molecule has 0 spiro atoms. The van der Waals surface area contributed by atoms with E-state index in [1.165, 1.54) is 4.90 Å². The van der Waals surface area contributed by atoms with Gasteiger partial charge in [0.1, 0.15) is 0 Å². The molecule has 23 heavy (non-hydrogen) atoms. The average molecular weight is 313 g/mol. The number of allylic oxidation sites excluding steroid dienone is 2. The fraction of sp³-hybridized carbons (Fsp3) is 0.474. The van der Waals surface area contributed by atoms with E-state index < -0.39 is 0 Å². The fourth-order valence-electron chi connectivity index (χ4n) is 3.30. The first-order valence-electron chi connectivity index (χ1n) is 8.32. The van der Waals surface area contributed by atoms with Gasteiger partial charge in [0.15, 0.2) is 0 Å². The van der Waals surface area contributed by atoms with Gasteiger partial charge in [0, 0.05) is 6.54 Å². The number of likely N-dealkylation sites (tertiary alicyclic amines) is 1. The lowest BCUT2D eigenvalue weighted by molar-refractivity contribution is -0.140. The SMILES string of the molecule is C[C@H](CCN1C(=O)[C@H]2CC=CC[C@@H]2C1=O)OCc1ccccc1. The van der Waals surface area contributed by atoms with Crippen LogP contribution in [0.3, 0.4) is 0 Å². The normalized spacial score (nSPS) is 24.8. The molecule has 3 rings (SSSR count). The third-order valence-corrected chi connectivity index (χ3v) is 4.74. The summed E-state index contributed by atoms with van der Waals surface area (Å²) in [5.74, 6) is -0.264. The summed E-state index contributed by atoms with van der Waals surface area (Å²) in [6, 6.07) is 10.0. The van der Waals surface area contributed by atoms with Crippen molar-refractivity contribution in [2.45, 2.75) is 38.9 Å². The van der Waals surface area contributed by atoms with E-state index in [-0.39, 0.29) is 29.8 Å². The zero-order valence-electron chi connectivity index (χ0n) is 13.5. The summed E-state index contributed by atoms with van der Waals surface area (Å²) in [5, 5.41) is 0. The van der Waals surface area contributed by atoms with Gasteiger partial charge < -0.3 is 4.74 Å². The van der Waals surface area contributed by atoms with E-state index >= 15 is 0 Å². The number of benzene rings is 1. The first kappa shape index (κ1) is 15.9. The van der Waals surface area contributed by atoms with Gasteiger partial charge in [-0.25, -0.2) is 0 Å². The first-order chi connectivity index (χ1) is 11.2. The Labute approximate surface area is 137 Å². The highest BCUT2D eigenvalue weighted by molar-refractivity contribution is 6.05. The largest absolute Gasteiger partial charge is 0.374 e. The van der Waals surface area contributed by atoms with Crippen LogP contribution in [0, 0.1) is 11.8 Å². The minimum atomic E-state index is -0.131. The fourth-order valence-corrected chi connectivity index (χ4v) is 3.30. The Morgan fingerprint density at radius 2 is 1.70 bits per heavy atom. The predicted octanol–water partition coefficient (Wildman–Crippen LogP) is 2.93. The van der Waals surface area contributed by atoms with E-state index in [9.17, 15) is 9.59 Å². The predicted molar refractivity (Wildman–Crippen MR) is 87.4 cm³/mol. The van der Waals surface area contributed by atoms with Crippen LogP contribution in [0.1, 0.15) is 31.7 Å². The van der Waals surface area contributed by atoms with Crippen LogP contribution >= 0.6 is 0 Å². The van der Waals surface area contributed by atoms with Gasteiger partial charge in [-0.3, -0.25) is 14.5 Å². The van der Waals surface area contributed by atoms with Crippen molar-refractivity contribution < 1.29 is 14.3 Å². The second-order valence-electron chi connectivity index (χ2n) is 6.38. The van der Waals surface area contributed by atoms with Crippen LogP contribution in [0.5, 0.6) is 0 Å². The molecule has 0 unspecified atom stereocenters. The number of imide groups is 1. The van der Waals surface area contributed by atoms with E-state index in [0.29, 0.717) is 32.4 Å². The number of amides is 2. The highest BCUT2D eigenvalue weighted by Gasteiger charge is 2.46. The van der Waals surface area contributed by atoms with Gasteiger partial charge in [-0.1, -0.05) is 42.5 Å². The van der Waals surface area contributed by atoms with Gasteiger partial charge in [-0.05, 0) is 31.7 Å². The molecule has 1 aliphatic heterocycles. The quantitative estimate of drug-likeness (QED) is 0.599. The Hall–Kier alpha value is -1.94. The molecule has 0 N–H and O–H groups in total. The number of nitrogens with zero attached hydrogens (tertiary/aromatic N) is 1. The highest BCUT2D eigenvalue weighted by atomic mass is 16.5. The van der Waals surface area contributed by atoms with Crippen LogP contribution in [-0.4, -0.2) is 29.4 Å². The van der Waals surface area contributed by atoms with Gasteiger partial charge in [0.25, 0.3) is 0 Å². The molecule has 0 bridgehead atoms. The molecule has 3 atom stereocenters. The number of carbonyl (C=O) groups excluding carboxylic acids is 2. The third kappa shape index (κ3) is 3.53. The highest BCUT2D eigenvalue weighted by Crippen LogP contribution is 2.35. The molecule has 122 valence electrons. The Bertz CT molecular complexity index is 570. The Kier molecular flexibility index (Phi) is 4.91. The lowest BCUT2D eigenvalue weighted by atomic mass is 9.85. The number of hydrogen-bond donors (Lipinski definition) is 0. The molecule has 1 aromatic rings. The maximum Gasteiger partial charge on any atom is 0.233 e. The topological polar surface area (TPSA) is 46.6 Å². The van der Waals surface area contributed by atoms with Crippen molar-refractivity contribution in [2.24, 2.45) is 11.8 Å². The summed E-state index contributed by atoms with van der Waals surface area (Å²) < 4.78 is 5.82. The third-order valence-electron chi connectivity index (χ3n) is 4.74. The zero-order chi connectivity index (χ0) is 16.2. The Morgan fingerprint density at radius 3 is 2.30 bits per heavy atom. The van der Waals surface area contributed by atoms with E-state index in [2.05, 4.69) is 0 Å². The van der Waals surface area contributed by atoms with Gasteiger partial charge in [0.2, 0.25) is 11.8 Å². The molecule has 0 saturated carbocycles. The number of ether oxygens (including phenoxy) is 1. The standard InChI is InChI=1S/C19H23NO3/c1-14(23-13-15-7-3-2-4-8-15)11-12-20-18(21)16-9-5-6-10-17(16)19(20)22/h2-8,14,16-17H,9-13H2,1H3/t14-,16+,17+/m1/s1. The van der Waals surface area contributed by atoms with Crippen LogP contribution < -0.4 is 0 Å². The summed E-state index contributed by atoms with van der Waals surface area (Å²) in [5.41, 5.74) is 1.13. The number of carbonyl (C=O) groups is 2. The van der Waals surface area contributed by atoms with Gasteiger partial charge in [-0.15, -0.1) is 0 Å². The smallest absolute Gasteiger partial charge is 0.233 e. The maximum absolute atomic E-state index is 12.4. The molecule has 4 heteroatoms. The molecule has 1 saturated heterocycles. The zero-order valence-corrected chi connectivity index (χ0v) is 13.5. The monoisotopic (exact) mass is 313 g/mol. The van der Waals surface area contributed by atoms with Crippen LogP contribution in [-0.2, 0) is 20.9 Å². The van der Waals surface area contributed by atoms with Crippen molar-refractivity contribution in [1.82, 2.24) is 4.90 Å². The lowest BCUT2D eigenvalue weighted by Crippen LogP contribution is -2.33. The van der Waals surface area contributed by atoms with Crippen LogP contribution in [0.4, 0.5) is 0 Å². The number of rotatable bonds is 6. The summed E-state index contributed by atoms with van der Waals surface area (Å²) in [7, 11) is 0. The molecule has 0 radical (unpaired) electrons. The molecule has 0 aromatic heterocycles. The second kappa shape index (κ2) is 7.09. The maximum atomic E-state index is 12.4. The van der Waals surface area contributed by atoms with Gasteiger partial charge in [0.05, 0.1) is 24.5 Å². The van der Waals surface area contributed by atoms with Crippen LogP contribution in [0.2, 0.25) is 0 Å². The average Bonchev–Trinajstić information content (AvgIpc) is 2.83. The van der Waals surface area contributed by atoms with Crippen molar-refractivity contribution in [3.8, 4) is 0 Å². The van der Waals surface area contributed by atoms with Crippen LogP contribution in [0.25, 0.3) is 0 Å². The van der Waals surface area contributed by atoms with E-state index in [4.69, 9.17) is 4.74 Å². The molecule has 2 amide bonds. The second-order valence-corrected chi connectivity index (χ2v) is 6.38. The van der Waals surface area contributed by atoms with E-state index in [1.807, 2.05) is 49.4 Å². The summed E-state index contributed by atoms with van der Waals surface area (Å²) in [6.45, 7) is 3.00. The summed E-state index contributed by atoms with van der Waals surface area (Å²) in [6.07, 6.45) is 6.12. The molecule has 1 aromatic carbocycles. The minimum absolute atomic E-state index is 0.000362. The summed E-state index contributed by atoms with van der Waals surface area (Å²) >= 11 is 0. The molecular weight excluding hydrogens is 290 g/mol. The number of hydrogen-bond acceptors (Lipinski definition) is 3. The van der Waals surface area contributed by atoms with Crippen molar-refractivity contribution >= 4 is 11.8 Å².